The van der Waals surface area contributed by atoms with Crippen molar-refractivity contribution in [3.8, 4) is 5.75 Å². The van der Waals surface area contributed by atoms with Gasteiger partial charge in [0.2, 0.25) is 0 Å². The summed E-state index contributed by atoms with van der Waals surface area (Å²) in [6.07, 6.45) is 2.14. The normalized spacial score (nSPS) is 16.0. The van der Waals surface area contributed by atoms with Crippen LogP contribution < -0.4 is 10.5 Å². The summed E-state index contributed by atoms with van der Waals surface area (Å²) in [6.45, 7) is 2.42. The molecule has 0 bridgehead atoms. The number of thiocarbonyl (C=S) groups is 1. The van der Waals surface area contributed by atoms with Crippen molar-refractivity contribution in [2.45, 2.75) is 12.8 Å². The molecule has 1 aliphatic heterocycles. The lowest BCUT2D eigenvalue weighted by Crippen LogP contribution is -2.21. The largest absolute Gasteiger partial charge is 0.493 e. The van der Waals surface area contributed by atoms with Gasteiger partial charge in [-0.3, -0.25) is 0 Å². The minimum atomic E-state index is 0.419. The lowest BCUT2D eigenvalue weighted by Gasteiger charge is -2.22. The maximum Gasteiger partial charge on any atom is 0.127 e. The lowest BCUT2D eigenvalue weighted by atomic mass is 10.0. The summed E-state index contributed by atoms with van der Waals surface area (Å²) in [5.41, 5.74) is 6.70. The first-order valence-electron chi connectivity index (χ1n) is 7.28. The second kappa shape index (κ2) is 6.41. The zero-order valence-corrected chi connectivity index (χ0v) is 12.7. The molecule has 3 rings (SSSR count). The van der Waals surface area contributed by atoms with Crippen LogP contribution in [-0.4, -0.2) is 24.8 Å². The molecule has 1 saturated heterocycles. The van der Waals surface area contributed by atoms with Crippen LogP contribution in [0.4, 0.5) is 0 Å². The van der Waals surface area contributed by atoms with E-state index in [0.717, 1.165) is 54.7 Å². The molecule has 1 aliphatic rings. The molecule has 0 spiro atoms. The fourth-order valence-electron chi connectivity index (χ4n) is 2.73. The molecule has 1 heterocycles. The molecule has 0 atom stereocenters. The number of rotatable bonds is 4. The van der Waals surface area contributed by atoms with Gasteiger partial charge in [-0.25, -0.2) is 0 Å². The molecule has 0 amide bonds. The lowest BCUT2D eigenvalue weighted by molar-refractivity contribution is 0.0500. The van der Waals surface area contributed by atoms with E-state index < -0.39 is 0 Å². The number of fused-ring (bicyclic) bond motifs is 1. The second-order valence-electron chi connectivity index (χ2n) is 5.39. The van der Waals surface area contributed by atoms with Crippen LogP contribution in [0.2, 0.25) is 0 Å². The van der Waals surface area contributed by atoms with Gasteiger partial charge >= 0.3 is 0 Å². The standard InChI is InChI=1S/C17H19NO2S/c18-17(21)15-5-6-16(14-4-2-1-3-13(14)15)20-11-12-7-9-19-10-8-12/h1-6,12H,7-11H2,(H2,18,21). The van der Waals surface area contributed by atoms with E-state index in [2.05, 4.69) is 6.07 Å². The van der Waals surface area contributed by atoms with Gasteiger partial charge < -0.3 is 15.2 Å². The maximum atomic E-state index is 6.05. The molecule has 21 heavy (non-hydrogen) atoms. The summed E-state index contributed by atoms with van der Waals surface area (Å²) in [6, 6.07) is 12.0. The Kier molecular flexibility index (Phi) is 4.36. The van der Waals surface area contributed by atoms with E-state index in [1.165, 1.54) is 0 Å². The Morgan fingerprint density at radius 3 is 2.57 bits per heavy atom. The minimum Gasteiger partial charge on any atom is -0.493 e. The van der Waals surface area contributed by atoms with E-state index in [0.29, 0.717) is 10.9 Å². The van der Waals surface area contributed by atoms with E-state index in [-0.39, 0.29) is 0 Å². The van der Waals surface area contributed by atoms with Crippen LogP contribution in [0.3, 0.4) is 0 Å². The topological polar surface area (TPSA) is 44.5 Å². The Morgan fingerprint density at radius 2 is 1.86 bits per heavy atom. The van der Waals surface area contributed by atoms with Gasteiger partial charge in [0.15, 0.2) is 0 Å². The third-order valence-electron chi connectivity index (χ3n) is 3.96. The average Bonchev–Trinajstić information content (AvgIpc) is 2.53. The van der Waals surface area contributed by atoms with Gasteiger partial charge in [0.05, 0.1) is 6.61 Å². The molecule has 2 N–H and O–H groups in total. The van der Waals surface area contributed by atoms with E-state index in [9.17, 15) is 0 Å². The first-order chi connectivity index (χ1) is 10.3. The van der Waals surface area contributed by atoms with Gasteiger partial charge in [-0.1, -0.05) is 36.5 Å². The molecule has 2 aromatic carbocycles. The fourth-order valence-corrected chi connectivity index (χ4v) is 2.91. The summed E-state index contributed by atoms with van der Waals surface area (Å²) in [5, 5.41) is 2.12. The Morgan fingerprint density at radius 1 is 1.14 bits per heavy atom. The molecule has 0 aliphatic carbocycles. The highest BCUT2D eigenvalue weighted by Crippen LogP contribution is 2.29. The van der Waals surface area contributed by atoms with E-state index >= 15 is 0 Å². The summed E-state index contributed by atoms with van der Waals surface area (Å²) >= 11 is 5.12. The number of nitrogens with two attached hydrogens (primary N) is 1. The summed E-state index contributed by atoms with van der Waals surface area (Å²) in [4.78, 5) is 0.419. The first kappa shape index (κ1) is 14.3. The summed E-state index contributed by atoms with van der Waals surface area (Å²) in [7, 11) is 0. The molecule has 1 fully saturated rings. The zero-order valence-electron chi connectivity index (χ0n) is 11.9. The van der Waals surface area contributed by atoms with Crippen molar-refractivity contribution in [2.24, 2.45) is 11.7 Å². The quantitative estimate of drug-likeness (QED) is 0.880. The molecule has 110 valence electrons. The molecule has 4 heteroatoms. The van der Waals surface area contributed by atoms with Gasteiger partial charge in [0.25, 0.3) is 0 Å². The Bertz CT molecular complexity index is 650. The molecule has 2 aromatic rings. The van der Waals surface area contributed by atoms with Gasteiger partial charge in [-0.2, -0.15) is 0 Å². The second-order valence-corrected chi connectivity index (χ2v) is 5.83. The maximum absolute atomic E-state index is 6.05. The molecule has 0 saturated carbocycles. The third-order valence-corrected chi connectivity index (χ3v) is 4.18. The van der Waals surface area contributed by atoms with Crippen LogP contribution in [0.15, 0.2) is 36.4 Å². The van der Waals surface area contributed by atoms with E-state index in [1.807, 2.05) is 30.3 Å². The van der Waals surface area contributed by atoms with E-state index in [1.54, 1.807) is 0 Å². The number of hydrogen-bond donors (Lipinski definition) is 1. The predicted molar refractivity (Wildman–Crippen MR) is 88.9 cm³/mol. The van der Waals surface area contributed by atoms with Gasteiger partial charge in [0.1, 0.15) is 10.7 Å². The monoisotopic (exact) mass is 301 g/mol. The number of ether oxygens (including phenoxy) is 2. The Balaban J connectivity index is 1.85. The predicted octanol–water partition coefficient (Wildman–Crippen LogP) is 3.28. The summed E-state index contributed by atoms with van der Waals surface area (Å²) < 4.78 is 11.4. The SMILES string of the molecule is NC(=S)c1ccc(OCC2CCOCC2)c2ccccc12. The highest BCUT2D eigenvalue weighted by molar-refractivity contribution is 7.80. The van der Waals surface area contributed by atoms with Crippen molar-refractivity contribution >= 4 is 28.0 Å². The van der Waals surface area contributed by atoms with Crippen molar-refractivity contribution in [1.29, 1.82) is 0 Å². The van der Waals surface area contributed by atoms with Crippen molar-refractivity contribution in [3.05, 3.63) is 42.0 Å². The molecule has 3 nitrogen and oxygen atoms in total. The average molecular weight is 301 g/mol. The van der Waals surface area contributed by atoms with Crippen molar-refractivity contribution in [1.82, 2.24) is 0 Å². The van der Waals surface area contributed by atoms with Crippen molar-refractivity contribution < 1.29 is 9.47 Å². The van der Waals surface area contributed by atoms with Crippen LogP contribution in [0, 0.1) is 5.92 Å². The van der Waals surface area contributed by atoms with Crippen molar-refractivity contribution in [3.63, 3.8) is 0 Å². The molecule has 0 unspecified atom stereocenters. The Labute approximate surface area is 130 Å². The third kappa shape index (κ3) is 3.17. The summed E-state index contributed by atoms with van der Waals surface area (Å²) in [5.74, 6) is 1.48. The van der Waals surface area contributed by atoms with Crippen LogP contribution in [0.25, 0.3) is 10.8 Å². The number of benzene rings is 2. The first-order valence-corrected chi connectivity index (χ1v) is 7.68. The molecule has 0 aromatic heterocycles. The molecule has 0 radical (unpaired) electrons. The number of hydrogen-bond acceptors (Lipinski definition) is 3. The Hall–Kier alpha value is -1.65. The minimum absolute atomic E-state index is 0.419. The molecular weight excluding hydrogens is 282 g/mol. The van der Waals surface area contributed by atoms with Gasteiger partial charge in [0, 0.05) is 24.2 Å². The van der Waals surface area contributed by atoms with E-state index in [4.69, 9.17) is 27.4 Å². The van der Waals surface area contributed by atoms with Gasteiger partial charge in [-0.15, -0.1) is 0 Å². The van der Waals surface area contributed by atoms with Crippen LogP contribution in [-0.2, 0) is 4.74 Å². The highest BCUT2D eigenvalue weighted by atomic mass is 32.1. The zero-order chi connectivity index (χ0) is 14.7. The molecular formula is C17H19NO2S. The van der Waals surface area contributed by atoms with Crippen molar-refractivity contribution in [2.75, 3.05) is 19.8 Å². The van der Waals surface area contributed by atoms with Gasteiger partial charge in [-0.05, 0) is 36.3 Å². The smallest absolute Gasteiger partial charge is 0.127 e. The van der Waals surface area contributed by atoms with Crippen LogP contribution >= 0.6 is 12.2 Å². The van der Waals surface area contributed by atoms with Crippen LogP contribution in [0.5, 0.6) is 5.75 Å². The fraction of sp³-hybridized carbons (Fsp3) is 0.353. The van der Waals surface area contributed by atoms with Crippen LogP contribution in [0.1, 0.15) is 18.4 Å². The highest BCUT2D eigenvalue weighted by Gasteiger charge is 2.15.